The maximum Gasteiger partial charge on any atom is 0.409 e. The number of carbonyl (C=O) groups excluding carboxylic acids is 1. The predicted octanol–water partition coefficient (Wildman–Crippen LogP) is 2.08. The van der Waals surface area contributed by atoms with Crippen molar-refractivity contribution < 1.29 is 9.53 Å². The van der Waals surface area contributed by atoms with Crippen LogP contribution in [0.5, 0.6) is 0 Å². The van der Waals surface area contributed by atoms with Gasteiger partial charge in [0.1, 0.15) is 0 Å². The molecule has 1 amide bonds. The Morgan fingerprint density at radius 2 is 2.29 bits per heavy atom. The molecule has 2 heterocycles. The van der Waals surface area contributed by atoms with E-state index in [1.54, 1.807) is 16.2 Å². The molecule has 2 rings (SSSR count). The molecule has 1 aromatic rings. The minimum Gasteiger partial charge on any atom is -0.450 e. The van der Waals surface area contributed by atoms with Crippen LogP contribution in [0.3, 0.4) is 0 Å². The van der Waals surface area contributed by atoms with Gasteiger partial charge in [-0.2, -0.15) is 0 Å². The number of rotatable bonds is 5. The van der Waals surface area contributed by atoms with Gasteiger partial charge in [-0.25, -0.2) is 9.78 Å². The zero-order valence-corrected chi connectivity index (χ0v) is 15.4. The van der Waals surface area contributed by atoms with Crippen molar-refractivity contribution in [3.63, 3.8) is 0 Å². The number of likely N-dealkylation sites (tertiary alicyclic amines) is 1. The van der Waals surface area contributed by atoms with Crippen molar-refractivity contribution in [2.75, 3.05) is 26.2 Å². The second kappa shape index (κ2) is 8.86. The highest BCUT2D eigenvalue weighted by Crippen LogP contribution is 2.21. The van der Waals surface area contributed by atoms with E-state index in [0.717, 1.165) is 17.8 Å². The van der Waals surface area contributed by atoms with Crippen molar-refractivity contribution in [2.24, 2.45) is 10.7 Å². The number of piperidine rings is 1. The smallest absolute Gasteiger partial charge is 0.409 e. The summed E-state index contributed by atoms with van der Waals surface area (Å²) in [5.41, 5.74) is 5.99. The van der Waals surface area contributed by atoms with Crippen LogP contribution in [-0.2, 0) is 4.74 Å². The van der Waals surface area contributed by atoms with Crippen LogP contribution in [-0.4, -0.2) is 54.2 Å². The molecule has 1 unspecified atom stereocenters. The fourth-order valence-corrected chi connectivity index (χ4v) is 3.41. The molecule has 24 heavy (non-hydrogen) atoms. The number of aliphatic imine (C=N–C) groups is 1. The van der Waals surface area contributed by atoms with Crippen molar-refractivity contribution in [3.8, 4) is 0 Å². The molecular formula is C16H27N5O2S. The minimum atomic E-state index is -0.231. The molecule has 1 saturated heterocycles. The molecule has 1 aromatic heterocycles. The van der Waals surface area contributed by atoms with E-state index in [-0.39, 0.29) is 18.1 Å². The first-order chi connectivity index (χ1) is 11.5. The Labute approximate surface area is 147 Å². The number of hydrogen-bond acceptors (Lipinski definition) is 5. The van der Waals surface area contributed by atoms with Gasteiger partial charge in [0.25, 0.3) is 0 Å². The molecule has 0 aliphatic carbocycles. The SMILES string of the molecule is CCOC(=O)N1CCC(NC(N)=NCC(C)c2ncc(C)s2)CC1. The first-order valence-electron chi connectivity index (χ1n) is 8.40. The van der Waals surface area contributed by atoms with E-state index in [0.29, 0.717) is 32.2 Å². The van der Waals surface area contributed by atoms with Crippen molar-refractivity contribution in [3.05, 3.63) is 16.1 Å². The molecule has 8 heteroatoms. The van der Waals surface area contributed by atoms with Crippen LogP contribution in [0.1, 0.15) is 42.5 Å². The first-order valence-corrected chi connectivity index (χ1v) is 9.21. The van der Waals surface area contributed by atoms with Crippen LogP contribution >= 0.6 is 11.3 Å². The van der Waals surface area contributed by atoms with Crippen LogP contribution in [0.15, 0.2) is 11.2 Å². The monoisotopic (exact) mass is 353 g/mol. The predicted molar refractivity (Wildman–Crippen MR) is 96.5 cm³/mol. The minimum absolute atomic E-state index is 0.231. The van der Waals surface area contributed by atoms with Gasteiger partial charge in [-0.05, 0) is 26.7 Å². The van der Waals surface area contributed by atoms with Gasteiger partial charge in [0.05, 0.1) is 18.2 Å². The fourth-order valence-electron chi connectivity index (χ4n) is 2.59. The summed E-state index contributed by atoms with van der Waals surface area (Å²) >= 11 is 1.70. The second-order valence-electron chi connectivity index (χ2n) is 6.04. The molecule has 0 aromatic carbocycles. The standard InChI is InChI=1S/C16H27N5O2S/c1-4-23-16(22)21-7-5-13(6-8-21)20-15(17)19-9-11(2)14-18-10-12(3)24-14/h10-11,13H,4-9H2,1-3H3,(H3,17,19,20). The molecular weight excluding hydrogens is 326 g/mol. The Hall–Kier alpha value is -1.83. The zero-order valence-electron chi connectivity index (χ0n) is 14.6. The lowest BCUT2D eigenvalue weighted by Crippen LogP contribution is -2.48. The van der Waals surface area contributed by atoms with Crippen molar-refractivity contribution in [2.45, 2.75) is 45.6 Å². The number of ether oxygens (including phenoxy) is 1. The summed E-state index contributed by atoms with van der Waals surface area (Å²) in [4.78, 5) is 23.4. The molecule has 0 radical (unpaired) electrons. The Kier molecular flexibility index (Phi) is 6.84. The molecule has 1 aliphatic rings. The number of nitrogens with zero attached hydrogens (tertiary/aromatic N) is 3. The van der Waals surface area contributed by atoms with Crippen molar-refractivity contribution >= 4 is 23.4 Å². The van der Waals surface area contributed by atoms with Crippen LogP contribution in [0.2, 0.25) is 0 Å². The van der Waals surface area contributed by atoms with Gasteiger partial charge in [0.2, 0.25) is 0 Å². The number of thiazole rings is 1. The largest absolute Gasteiger partial charge is 0.450 e. The van der Waals surface area contributed by atoms with E-state index in [1.165, 1.54) is 4.88 Å². The summed E-state index contributed by atoms with van der Waals surface area (Å²) in [6.07, 6.45) is 3.34. The molecule has 1 atom stereocenters. The number of guanidine groups is 1. The van der Waals surface area contributed by atoms with Crippen LogP contribution in [0.4, 0.5) is 4.79 Å². The van der Waals surface area contributed by atoms with E-state index in [4.69, 9.17) is 10.5 Å². The summed E-state index contributed by atoms with van der Waals surface area (Å²) < 4.78 is 5.02. The number of hydrogen-bond donors (Lipinski definition) is 2. The van der Waals surface area contributed by atoms with Crippen molar-refractivity contribution in [1.82, 2.24) is 15.2 Å². The Balaban J connectivity index is 1.74. The Morgan fingerprint density at radius 3 is 2.88 bits per heavy atom. The molecule has 0 saturated carbocycles. The second-order valence-corrected chi connectivity index (χ2v) is 7.31. The lowest BCUT2D eigenvalue weighted by atomic mass is 10.1. The molecule has 0 bridgehead atoms. The number of aromatic nitrogens is 1. The number of aryl methyl sites for hydroxylation is 1. The molecule has 7 nitrogen and oxygen atoms in total. The van der Waals surface area contributed by atoms with E-state index >= 15 is 0 Å². The third-order valence-electron chi connectivity index (χ3n) is 3.97. The van der Waals surface area contributed by atoms with Gasteiger partial charge in [0, 0.05) is 36.1 Å². The van der Waals surface area contributed by atoms with Gasteiger partial charge in [-0.3, -0.25) is 4.99 Å². The molecule has 3 N–H and O–H groups in total. The summed E-state index contributed by atoms with van der Waals surface area (Å²) in [6.45, 7) is 8.36. The Morgan fingerprint density at radius 1 is 1.58 bits per heavy atom. The zero-order chi connectivity index (χ0) is 17.5. The molecule has 0 spiro atoms. The normalized spacial score (nSPS) is 17.6. The van der Waals surface area contributed by atoms with Crippen LogP contribution in [0, 0.1) is 6.92 Å². The lowest BCUT2D eigenvalue weighted by molar-refractivity contribution is 0.0963. The number of nitrogens with one attached hydrogen (secondary N) is 1. The van der Waals surface area contributed by atoms with Gasteiger partial charge < -0.3 is 20.7 Å². The topological polar surface area (TPSA) is 92.8 Å². The maximum absolute atomic E-state index is 11.7. The Bertz CT molecular complexity index is 567. The number of amides is 1. The number of nitrogens with two attached hydrogens (primary N) is 1. The van der Waals surface area contributed by atoms with Gasteiger partial charge >= 0.3 is 6.09 Å². The van der Waals surface area contributed by atoms with Crippen LogP contribution in [0.25, 0.3) is 0 Å². The third-order valence-corrected chi connectivity index (χ3v) is 5.11. The maximum atomic E-state index is 11.7. The van der Waals surface area contributed by atoms with Gasteiger partial charge in [0.15, 0.2) is 5.96 Å². The highest BCUT2D eigenvalue weighted by Gasteiger charge is 2.23. The van der Waals surface area contributed by atoms with E-state index in [9.17, 15) is 4.79 Å². The fraction of sp³-hybridized carbons (Fsp3) is 0.688. The van der Waals surface area contributed by atoms with E-state index < -0.39 is 0 Å². The highest BCUT2D eigenvalue weighted by molar-refractivity contribution is 7.11. The summed E-state index contributed by atoms with van der Waals surface area (Å²) in [6, 6.07) is 0.247. The summed E-state index contributed by atoms with van der Waals surface area (Å²) in [5, 5.41) is 4.34. The van der Waals surface area contributed by atoms with Crippen molar-refractivity contribution in [1.29, 1.82) is 0 Å². The molecule has 1 fully saturated rings. The summed E-state index contributed by atoms with van der Waals surface area (Å²) in [5.74, 6) is 0.722. The van der Waals surface area contributed by atoms with Gasteiger partial charge in [-0.1, -0.05) is 6.92 Å². The van der Waals surface area contributed by atoms with E-state index in [2.05, 4.69) is 29.1 Å². The lowest BCUT2D eigenvalue weighted by Gasteiger charge is -2.31. The molecule has 1 aliphatic heterocycles. The third kappa shape index (κ3) is 5.36. The average Bonchev–Trinajstić information content (AvgIpc) is 3.00. The quantitative estimate of drug-likeness (QED) is 0.624. The van der Waals surface area contributed by atoms with Gasteiger partial charge in [-0.15, -0.1) is 11.3 Å². The summed E-state index contributed by atoms with van der Waals surface area (Å²) in [7, 11) is 0. The average molecular weight is 353 g/mol. The number of carbonyl (C=O) groups is 1. The van der Waals surface area contributed by atoms with Crippen LogP contribution < -0.4 is 11.1 Å². The highest BCUT2D eigenvalue weighted by atomic mass is 32.1. The van der Waals surface area contributed by atoms with E-state index in [1.807, 2.05) is 13.1 Å². The molecule has 134 valence electrons. The first kappa shape index (κ1) is 18.5.